The van der Waals surface area contributed by atoms with Gasteiger partial charge in [0.15, 0.2) is 5.13 Å². The molecular formula is C12H16N2O3S. The minimum Gasteiger partial charge on any atom is -0.478 e. The third-order valence-corrected chi connectivity index (χ3v) is 3.19. The van der Waals surface area contributed by atoms with Gasteiger partial charge in [0, 0.05) is 23.1 Å². The molecule has 1 heterocycles. The van der Waals surface area contributed by atoms with Gasteiger partial charge in [0.2, 0.25) is 5.91 Å². The number of rotatable bonds is 6. The minimum atomic E-state index is -1.01. The van der Waals surface area contributed by atoms with Crippen LogP contribution in [0.1, 0.15) is 31.6 Å². The maximum absolute atomic E-state index is 11.7. The van der Waals surface area contributed by atoms with Gasteiger partial charge in [-0.25, -0.2) is 9.78 Å². The number of amides is 1. The Morgan fingerprint density at radius 3 is 2.94 bits per heavy atom. The van der Waals surface area contributed by atoms with E-state index in [0.717, 1.165) is 18.9 Å². The number of aromatic nitrogens is 1. The van der Waals surface area contributed by atoms with Crippen molar-refractivity contribution < 1.29 is 14.7 Å². The fourth-order valence-corrected chi connectivity index (χ4v) is 2.09. The first-order valence-corrected chi connectivity index (χ1v) is 6.52. The summed E-state index contributed by atoms with van der Waals surface area (Å²) in [5, 5.41) is 11.7. The van der Waals surface area contributed by atoms with E-state index in [1.165, 1.54) is 23.6 Å². The molecule has 5 nitrogen and oxygen atoms in total. The standard InChI is InChI=1S/C12H16N2O3S/c1-3-4-8(2)11(17)14-12-13-7-9(18-12)5-6-10(15)16/h5-8H,3-4H2,1-2H3,(H,15,16)(H,13,14,17)/b6-5+. The van der Waals surface area contributed by atoms with Crippen molar-refractivity contribution >= 4 is 34.4 Å². The van der Waals surface area contributed by atoms with Crippen molar-refractivity contribution in [1.82, 2.24) is 4.98 Å². The molecule has 18 heavy (non-hydrogen) atoms. The number of nitrogens with one attached hydrogen (secondary N) is 1. The van der Waals surface area contributed by atoms with E-state index in [-0.39, 0.29) is 11.8 Å². The Morgan fingerprint density at radius 2 is 2.33 bits per heavy atom. The lowest BCUT2D eigenvalue weighted by Gasteiger charge is -2.08. The summed E-state index contributed by atoms with van der Waals surface area (Å²) >= 11 is 1.25. The highest BCUT2D eigenvalue weighted by Crippen LogP contribution is 2.20. The molecule has 0 fully saturated rings. The Balaban J connectivity index is 2.58. The van der Waals surface area contributed by atoms with Gasteiger partial charge < -0.3 is 10.4 Å². The average molecular weight is 268 g/mol. The summed E-state index contributed by atoms with van der Waals surface area (Å²) < 4.78 is 0. The number of anilines is 1. The molecule has 0 bridgehead atoms. The molecule has 1 rings (SSSR count). The lowest BCUT2D eigenvalue weighted by atomic mass is 10.1. The lowest BCUT2D eigenvalue weighted by Crippen LogP contribution is -2.19. The van der Waals surface area contributed by atoms with Crippen molar-refractivity contribution in [3.05, 3.63) is 17.2 Å². The number of carboxylic acids is 1. The zero-order chi connectivity index (χ0) is 13.5. The molecule has 6 heteroatoms. The second-order valence-corrected chi connectivity index (χ2v) is 4.98. The van der Waals surface area contributed by atoms with Gasteiger partial charge in [-0.3, -0.25) is 4.79 Å². The molecule has 98 valence electrons. The van der Waals surface area contributed by atoms with Crippen molar-refractivity contribution in [2.75, 3.05) is 5.32 Å². The summed E-state index contributed by atoms with van der Waals surface area (Å²) in [5.41, 5.74) is 0. The first-order chi connectivity index (χ1) is 8.52. The molecule has 0 aromatic carbocycles. The second kappa shape index (κ2) is 6.90. The van der Waals surface area contributed by atoms with Gasteiger partial charge in [-0.2, -0.15) is 0 Å². The number of nitrogens with zero attached hydrogens (tertiary/aromatic N) is 1. The molecular weight excluding hydrogens is 252 g/mol. The van der Waals surface area contributed by atoms with Crippen LogP contribution >= 0.6 is 11.3 Å². The van der Waals surface area contributed by atoms with E-state index < -0.39 is 5.97 Å². The molecule has 0 radical (unpaired) electrons. The van der Waals surface area contributed by atoms with Gasteiger partial charge in [-0.1, -0.05) is 31.6 Å². The molecule has 0 spiro atoms. The highest BCUT2D eigenvalue weighted by Gasteiger charge is 2.13. The molecule has 0 saturated carbocycles. The molecule has 1 amide bonds. The smallest absolute Gasteiger partial charge is 0.328 e. The van der Waals surface area contributed by atoms with Gasteiger partial charge in [0.1, 0.15) is 0 Å². The van der Waals surface area contributed by atoms with Crippen molar-refractivity contribution in [1.29, 1.82) is 0 Å². The summed E-state index contributed by atoms with van der Waals surface area (Å²) in [6.45, 7) is 3.90. The predicted octanol–water partition coefficient (Wildman–Crippen LogP) is 2.62. The van der Waals surface area contributed by atoms with Crippen molar-refractivity contribution in [3.8, 4) is 0 Å². The van der Waals surface area contributed by atoms with E-state index in [1.807, 2.05) is 13.8 Å². The first kappa shape index (κ1) is 14.4. The van der Waals surface area contributed by atoms with E-state index in [4.69, 9.17) is 5.11 Å². The highest BCUT2D eigenvalue weighted by atomic mass is 32.1. The Kier molecular flexibility index (Phi) is 5.51. The van der Waals surface area contributed by atoms with Gasteiger partial charge in [0.05, 0.1) is 0 Å². The van der Waals surface area contributed by atoms with E-state index in [9.17, 15) is 9.59 Å². The lowest BCUT2D eigenvalue weighted by molar-refractivity contribution is -0.131. The zero-order valence-corrected chi connectivity index (χ0v) is 11.2. The summed E-state index contributed by atoms with van der Waals surface area (Å²) in [6, 6.07) is 0. The number of carboxylic acid groups (broad SMARTS) is 1. The summed E-state index contributed by atoms with van der Waals surface area (Å²) in [5.74, 6) is -1.11. The van der Waals surface area contributed by atoms with Crippen LogP contribution in [0.15, 0.2) is 12.3 Å². The molecule has 1 unspecified atom stereocenters. The molecule has 2 N–H and O–H groups in total. The van der Waals surface area contributed by atoms with Gasteiger partial charge >= 0.3 is 5.97 Å². The quantitative estimate of drug-likeness (QED) is 0.777. The van der Waals surface area contributed by atoms with Crippen LogP contribution < -0.4 is 5.32 Å². The van der Waals surface area contributed by atoms with Crippen LogP contribution in [0.25, 0.3) is 6.08 Å². The molecule has 1 atom stereocenters. The van der Waals surface area contributed by atoms with Crippen LogP contribution in [0.3, 0.4) is 0 Å². The second-order valence-electron chi connectivity index (χ2n) is 3.92. The van der Waals surface area contributed by atoms with Crippen molar-refractivity contribution in [2.24, 2.45) is 5.92 Å². The monoisotopic (exact) mass is 268 g/mol. The number of thiazole rings is 1. The predicted molar refractivity (Wildman–Crippen MR) is 71.5 cm³/mol. The molecule has 0 saturated heterocycles. The molecule has 1 aromatic rings. The van der Waals surface area contributed by atoms with Crippen LogP contribution in [0.4, 0.5) is 5.13 Å². The highest BCUT2D eigenvalue weighted by molar-refractivity contribution is 7.16. The summed E-state index contributed by atoms with van der Waals surface area (Å²) in [4.78, 5) is 26.8. The summed E-state index contributed by atoms with van der Waals surface area (Å²) in [7, 11) is 0. The van der Waals surface area contributed by atoms with E-state index in [1.54, 1.807) is 0 Å². The normalized spacial score (nSPS) is 12.6. The van der Waals surface area contributed by atoms with Gasteiger partial charge in [-0.05, 0) is 12.5 Å². The Hall–Kier alpha value is -1.69. The third-order valence-electron chi connectivity index (χ3n) is 2.31. The van der Waals surface area contributed by atoms with Crippen LogP contribution in [0, 0.1) is 5.92 Å². The van der Waals surface area contributed by atoms with E-state index in [2.05, 4.69) is 10.3 Å². The number of carbonyl (C=O) groups excluding carboxylic acids is 1. The fraction of sp³-hybridized carbons (Fsp3) is 0.417. The fourth-order valence-electron chi connectivity index (χ4n) is 1.37. The molecule has 0 aliphatic rings. The van der Waals surface area contributed by atoms with Crippen molar-refractivity contribution in [3.63, 3.8) is 0 Å². The van der Waals surface area contributed by atoms with Crippen LogP contribution in [-0.4, -0.2) is 22.0 Å². The van der Waals surface area contributed by atoms with E-state index >= 15 is 0 Å². The Labute approximate surface area is 110 Å². The van der Waals surface area contributed by atoms with E-state index in [0.29, 0.717) is 10.0 Å². The maximum atomic E-state index is 11.7. The first-order valence-electron chi connectivity index (χ1n) is 5.70. The SMILES string of the molecule is CCCC(C)C(=O)Nc1ncc(/C=C/C(=O)O)s1. The minimum absolute atomic E-state index is 0.0445. The van der Waals surface area contributed by atoms with Crippen LogP contribution in [0.5, 0.6) is 0 Å². The van der Waals surface area contributed by atoms with Crippen LogP contribution in [0.2, 0.25) is 0 Å². The van der Waals surface area contributed by atoms with Crippen molar-refractivity contribution in [2.45, 2.75) is 26.7 Å². The number of hydrogen-bond acceptors (Lipinski definition) is 4. The third kappa shape index (κ3) is 4.67. The molecule has 0 aliphatic heterocycles. The van der Waals surface area contributed by atoms with Gasteiger partial charge in [-0.15, -0.1) is 0 Å². The number of aliphatic carboxylic acids is 1. The Bertz CT molecular complexity index is 454. The molecule has 0 aliphatic carbocycles. The molecule has 1 aromatic heterocycles. The maximum Gasteiger partial charge on any atom is 0.328 e. The van der Waals surface area contributed by atoms with Crippen LogP contribution in [-0.2, 0) is 9.59 Å². The number of carbonyl (C=O) groups is 2. The zero-order valence-electron chi connectivity index (χ0n) is 10.3. The Morgan fingerprint density at radius 1 is 1.61 bits per heavy atom. The largest absolute Gasteiger partial charge is 0.478 e. The topological polar surface area (TPSA) is 79.3 Å². The average Bonchev–Trinajstić information content (AvgIpc) is 2.74. The number of hydrogen-bond donors (Lipinski definition) is 2. The van der Waals surface area contributed by atoms with Gasteiger partial charge in [0.25, 0.3) is 0 Å². The summed E-state index contributed by atoms with van der Waals surface area (Å²) in [6.07, 6.45) is 5.82.